The van der Waals surface area contributed by atoms with Crippen LogP contribution in [0, 0.1) is 0 Å². The van der Waals surface area contributed by atoms with Gasteiger partial charge in [-0.2, -0.15) is 0 Å². The first-order valence-corrected chi connectivity index (χ1v) is 19.2. The molecule has 12 rings (SSSR count). The highest BCUT2D eigenvalue weighted by Crippen LogP contribution is 2.43. The quantitative estimate of drug-likeness (QED) is 0.174. The Morgan fingerprint density at radius 3 is 2.06 bits per heavy atom. The van der Waals surface area contributed by atoms with Crippen LogP contribution >= 0.6 is 11.3 Å². The minimum atomic E-state index is 0.232. The van der Waals surface area contributed by atoms with Gasteiger partial charge >= 0.3 is 0 Å². The summed E-state index contributed by atoms with van der Waals surface area (Å²) in [4.78, 5) is 0. The van der Waals surface area contributed by atoms with Crippen LogP contribution in [0.1, 0.15) is 17.2 Å². The third-order valence-electron chi connectivity index (χ3n) is 11.6. The topological polar surface area (TPSA) is 9.86 Å². The maximum absolute atomic E-state index is 2.60. The van der Waals surface area contributed by atoms with Crippen molar-refractivity contribution >= 4 is 92.0 Å². The van der Waals surface area contributed by atoms with Crippen molar-refractivity contribution in [2.45, 2.75) is 12.5 Å². The number of fused-ring (bicyclic) bond motifs is 11. The molecule has 1 atom stereocenters. The zero-order chi connectivity index (χ0) is 34.6. The molecule has 0 radical (unpaired) electrons. The van der Waals surface area contributed by atoms with Crippen LogP contribution in [0.25, 0.3) is 97.4 Å². The Balaban J connectivity index is 1.07. The lowest BCUT2D eigenvalue weighted by Crippen LogP contribution is -2.12. The molecule has 248 valence electrons. The number of thiophene rings is 1. The summed E-state index contributed by atoms with van der Waals surface area (Å²) in [6.45, 7) is 0. The SMILES string of the molecule is C1=CC(n2c3ccc(-c4ccc5c(c4)c4ccccc4n5-c4ccc5ccccc5c4)cc3c3cc4sc5ccccc5c4cc32)Cc2ccccc21. The van der Waals surface area contributed by atoms with Crippen LogP contribution < -0.4 is 0 Å². The molecule has 53 heavy (non-hydrogen) atoms. The number of hydrogen-bond donors (Lipinski definition) is 0. The van der Waals surface area contributed by atoms with E-state index in [1.54, 1.807) is 0 Å². The summed E-state index contributed by atoms with van der Waals surface area (Å²) in [5.41, 5.74) is 11.4. The van der Waals surface area contributed by atoms with Gasteiger partial charge in [-0.05, 0) is 100 Å². The van der Waals surface area contributed by atoms with Gasteiger partial charge in [0, 0.05) is 52.9 Å². The molecule has 1 unspecified atom stereocenters. The molecule has 2 nitrogen and oxygen atoms in total. The van der Waals surface area contributed by atoms with Crippen LogP contribution in [0.4, 0.5) is 0 Å². The predicted octanol–water partition coefficient (Wildman–Crippen LogP) is 13.9. The van der Waals surface area contributed by atoms with E-state index in [0.29, 0.717) is 0 Å². The van der Waals surface area contributed by atoms with Gasteiger partial charge in [0.1, 0.15) is 0 Å². The zero-order valence-corrected chi connectivity index (χ0v) is 29.6. The van der Waals surface area contributed by atoms with Gasteiger partial charge in [-0.15, -0.1) is 11.3 Å². The first kappa shape index (κ1) is 29.2. The number of aromatic nitrogens is 2. The molecule has 1 aliphatic carbocycles. The lowest BCUT2D eigenvalue weighted by molar-refractivity contribution is 0.636. The van der Waals surface area contributed by atoms with Crippen molar-refractivity contribution in [1.82, 2.24) is 9.13 Å². The second-order valence-corrected chi connectivity index (χ2v) is 15.6. The molecule has 0 saturated carbocycles. The minimum absolute atomic E-state index is 0.232. The Morgan fingerprint density at radius 2 is 1.15 bits per heavy atom. The third-order valence-corrected chi connectivity index (χ3v) is 12.7. The first-order valence-electron chi connectivity index (χ1n) is 18.4. The van der Waals surface area contributed by atoms with Gasteiger partial charge in [-0.3, -0.25) is 0 Å². The van der Waals surface area contributed by atoms with E-state index < -0.39 is 0 Å². The molecule has 0 bridgehead atoms. The Morgan fingerprint density at radius 1 is 0.453 bits per heavy atom. The van der Waals surface area contributed by atoms with E-state index in [1.807, 2.05) is 11.3 Å². The average Bonchev–Trinajstić information content (AvgIpc) is 3.86. The zero-order valence-electron chi connectivity index (χ0n) is 28.8. The summed E-state index contributed by atoms with van der Waals surface area (Å²) in [7, 11) is 0. The van der Waals surface area contributed by atoms with Gasteiger partial charge in [0.05, 0.1) is 22.6 Å². The molecule has 11 aromatic rings. The highest BCUT2D eigenvalue weighted by molar-refractivity contribution is 7.25. The standard InChI is InChI=1S/C50H32N2S/c1-3-11-33-25-37(21-17-31(33)9-1)51-45-15-7-5-13-39(45)41-27-35(19-23-46(41)51)36-20-24-47-42(28-36)43-30-50-44(40-14-6-8-16-49(40)53-50)29-48(43)52(47)38-22-18-32-10-2-4-12-34(32)26-38/h1-25,27-30,38H,26H2. The lowest BCUT2D eigenvalue weighted by atomic mass is 9.94. The number of nitrogens with zero attached hydrogens (tertiary/aromatic N) is 2. The summed E-state index contributed by atoms with van der Waals surface area (Å²) in [6, 6.07) is 61.2. The first-order chi connectivity index (χ1) is 26.2. The van der Waals surface area contributed by atoms with E-state index in [4.69, 9.17) is 0 Å². The third kappa shape index (κ3) is 4.32. The monoisotopic (exact) mass is 692 g/mol. The highest BCUT2D eigenvalue weighted by Gasteiger charge is 2.22. The maximum atomic E-state index is 2.60. The van der Waals surface area contributed by atoms with E-state index in [0.717, 1.165) is 6.42 Å². The second-order valence-electron chi connectivity index (χ2n) is 14.5. The lowest BCUT2D eigenvalue weighted by Gasteiger charge is -2.23. The predicted molar refractivity (Wildman–Crippen MR) is 228 cm³/mol. The minimum Gasteiger partial charge on any atom is -0.333 e. The molecule has 0 saturated heterocycles. The second kappa shape index (κ2) is 11.0. The number of para-hydroxylation sites is 1. The van der Waals surface area contributed by atoms with E-state index in [9.17, 15) is 0 Å². The molecule has 3 aromatic heterocycles. The summed E-state index contributed by atoms with van der Waals surface area (Å²) in [5, 5.41) is 10.4. The number of allylic oxidation sites excluding steroid dienone is 1. The van der Waals surface area contributed by atoms with E-state index in [1.165, 1.54) is 102 Å². The van der Waals surface area contributed by atoms with Gasteiger partial charge in [0.25, 0.3) is 0 Å². The Bertz CT molecular complexity index is 3330. The van der Waals surface area contributed by atoms with Crippen LogP contribution in [-0.4, -0.2) is 9.13 Å². The molecule has 0 amide bonds. The number of hydrogen-bond acceptors (Lipinski definition) is 1. The summed E-state index contributed by atoms with van der Waals surface area (Å²) < 4.78 is 7.71. The molecular formula is C50H32N2S. The van der Waals surface area contributed by atoms with Crippen molar-refractivity contribution in [2.75, 3.05) is 0 Å². The van der Waals surface area contributed by atoms with E-state index in [-0.39, 0.29) is 6.04 Å². The van der Waals surface area contributed by atoms with Crippen molar-refractivity contribution in [2.24, 2.45) is 0 Å². The van der Waals surface area contributed by atoms with Crippen LogP contribution in [0.5, 0.6) is 0 Å². The Hall–Kier alpha value is -6.42. The molecule has 0 fully saturated rings. The van der Waals surface area contributed by atoms with Crippen LogP contribution in [0.2, 0.25) is 0 Å². The maximum Gasteiger partial charge on any atom is 0.0566 e. The van der Waals surface area contributed by atoms with Gasteiger partial charge in [0.2, 0.25) is 0 Å². The van der Waals surface area contributed by atoms with E-state index >= 15 is 0 Å². The summed E-state index contributed by atoms with van der Waals surface area (Å²) in [5.74, 6) is 0. The smallest absolute Gasteiger partial charge is 0.0566 e. The van der Waals surface area contributed by atoms with Gasteiger partial charge in [-0.1, -0.05) is 115 Å². The molecule has 3 heterocycles. The molecule has 0 N–H and O–H groups in total. The van der Waals surface area contributed by atoms with Gasteiger partial charge < -0.3 is 9.13 Å². The van der Waals surface area contributed by atoms with Crippen molar-refractivity contribution in [1.29, 1.82) is 0 Å². The van der Waals surface area contributed by atoms with Crippen molar-refractivity contribution < 1.29 is 0 Å². The van der Waals surface area contributed by atoms with Crippen molar-refractivity contribution in [3.63, 3.8) is 0 Å². The summed E-state index contributed by atoms with van der Waals surface area (Å²) in [6.07, 6.45) is 5.70. The number of benzene rings is 8. The molecule has 0 spiro atoms. The molecular weight excluding hydrogens is 661 g/mol. The average molecular weight is 693 g/mol. The molecule has 8 aromatic carbocycles. The fraction of sp³-hybridized carbons (Fsp3) is 0.0400. The molecule has 0 aliphatic heterocycles. The highest BCUT2D eigenvalue weighted by atomic mass is 32.1. The van der Waals surface area contributed by atoms with Crippen molar-refractivity contribution in [3.8, 4) is 16.8 Å². The Labute approximate surface area is 310 Å². The van der Waals surface area contributed by atoms with Gasteiger partial charge in [-0.25, -0.2) is 0 Å². The van der Waals surface area contributed by atoms with Crippen LogP contribution in [0.15, 0.2) is 170 Å². The van der Waals surface area contributed by atoms with Gasteiger partial charge in [0.15, 0.2) is 0 Å². The fourth-order valence-electron chi connectivity index (χ4n) is 9.12. The largest absolute Gasteiger partial charge is 0.333 e. The van der Waals surface area contributed by atoms with Crippen molar-refractivity contribution in [3.05, 3.63) is 181 Å². The Kier molecular flexibility index (Phi) is 6.08. The van der Waals surface area contributed by atoms with E-state index in [2.05, 4.69) is 185 Å². The van der Waals surface area contributed by atoms with Crippen LogP contribution in [-0.2, 0) is 6.42 Å². The number of rotatable bonds is 3. The molecule has 3 heteroatoms. The summed E-state index contributed by atoms with van der Waals surface area (Å²) >= 11 is 1.90. The normalized spacial score (nSPS) is 14.5. The fourth-order valence-corrected chi connectivity index (χ4v) is 10.2. The van der Waals surface area contributed by atoms with Crippen LogP contribution in [0.3, 0.4) is 0 Å². The molecule has 1 aliphatic rings.